The molecule has 5 heteroatoms. The molecular formula is C13H20ClN3S. The summed E-state index contributed by atoms with van der Waals surface area (Å²) in [6, 6.07) is 1.89. The van der Waals surface area contributed by atoms with E-state index < -0.39 is 0 Å². The van der Waals surface area contributed by atoms with E-state index in [1.807, 2.05) is 17.8 Å². The van der Waals surface area contributed by atoms with E-state index in [0.29, 0.717) is 5.15 Å². The second-order valence-electron chi connectivity index (χ2n) is 4.59. The molecule has 2 rings (SSSR count). The zero-order valence-corrected chi connectivity index (χ0v) is 12.6. The maximum Gasteiger partial charge on any atom is 0.134 e. The van der Waals surface area contributed by atoms with E-state index in [4.69, 9.17) is 11.6 Å². The first-order chi connectivity index (χ1) is 8.72. The number of halogens is 1. The van der Waals surface area contributed by atoms with Gasteiger partial charge in [0, 0.05) is 30.8 Å². The average Bonchev–Trinajstić information content (AvgIpc) is 2.63. The molecule has 1 aliphatic heterocycles. The Kier molecular flexibility index (Phi) is 5.13. The first-order valence-corrected chi connectivity index (χ1v) is 8.20. The van der Waals surface area contributed by atoms with Gasteiger partial charge in [0.2, 0.25) is 0 Å². The molecule has 0 aliphatic carbocycles. The van der Waals surface area contributed by atoms with Crippen molar-refractivity contribution in [3.8, 4) is 0 Å². The molecule has 0 amide bonds. The van der Waals surface area contributed by atoms with Crippen LogP contribution in [0.4, 0.5) is 5.82 Å². The van der Waals surface area contributed by atoms with Gasteiger partial charge in [0.05, 0.1) is 0 Å². The van der Waals surface area contributed by atoms with Crippen LogP contribution in [0.3, 0.4) is 0 Å². The van der Waals surface area contributed by atoms with Crippen LogP contribution >= 0.6 is 23.4 Å². The lowest BCUT2D eigenvalue weighted by Gasteiger charge is -2.22. The Labute approximate surface area is 118 Å². The highest BCUT2D eigenvalue weighted by Crippen LogP contribution is 2.25. The largest absolute Gasteiger partial charge is 0.356 e. The van der Waals surface area contributed by atoms with Gasteiger partial charge >= 0.3 is 0 Å². The molecule has 100 valence electrons. The lowest BCUT2D eigenvalue weighted by atomic mass is 10.2. The molecule has 18 heavy (non-hydrogen) atoms. The van der Waals surface area contributed by atoms with Crippen molar-refractivity contribution in [1.29, 1.82) is 0 Å². The van der Waals surface area contributed by atoms with Gasteiger partial charge < -0.3 is 4.90 Å². The molecule has 0 N–H and O–H groups in total. The van der Waals surface area contributed by atoms with Crippen LogP contribution in [0.2, 0.25) is 5.15 Å². The number of hydrogen-bond donors (Lipinski definition) is 0. The fraction of sp³-hybridized carbons (Fsp3) is 0.692. The number of hydrogen-bond acceptors (Lipinski definition) is 4. The van der Waals surface area contributed by atoms with Crippen molar-refractivity contribution < 1.29 is 0 Å². The third-order valence-corrected chi connectivity index (χ3v) is 4.71. The highest BCUT2D eigenvalue weighted by molar-refractivity contribution is 7.99. The fourth-order valence-corrected chi connectivity index (χ4v) is 3.24. The molecular weight excluding hydrogens is 266 g/mol. The Morgan fingerprint density at radius 3 is 2.94 bits per heavy atom. The SMILES string of the molecule is CCc1nc(Cl)cc(N2CCCC(SC)CC2)n1. The van der Waals surface area contributed by atoms with Gasteiger partial charge in [-0.2, -0.15) is 11.8 Å². The number of thioether (sulfide) groups is 1. The normalized spacial score (nSPS) is 20.8. The van der Waals surface area contributed by atoms with Gasteiger partial charge in [-0.05, 0) is 25.5 Å². The topological polar surface area (TPSA) is 29.0 Å². The zero-order chi connectivity index (χ0) is 13.0. The van der Waals surface area contributed by atoms with Gasteiger partial charge in [0.1, 0.15) is 16.8 Å². The molecule has 0 aromatic carbocycles. The predicted octanol–water partition coefficient (Wildman–Crippen LogP) is 3.41. The molecule has 0 saturated carbocycles. The first-order valence-electron chi connectivity index (χ1n) is 6.54. The fourth-order valence-electron chi connectivity index (χ4n) is 2.30. The third kappa shape index (κ3) is 3.51. The van der Waals surface area contributed by atoms with Crippen LogP contribution in [0.5, 0.6) is 0 Å². The molecule has 1 unspecified atom stereocenters. The Hall–Kier alpha value is -0.480. The summed E-state index contributed by atoms with van der Waals surface area (Å²) < 4.78 is 0. The van der Waals surface area contributed by atoms with Gasteiger partial charge in [-0.3, -0.25) is 0 Å². The highest BCUT2D eigenvalue weighted by atomic mass is 35.5. The minimum absolute atomic E-state index is 0.558. The van der Waals surface area contributed by atoms with Crippen LogP contribution in [0.25, 0.3) is 0 Å². The summed E-state index contributed by atoms with van der Waals surface area (Å²) in [7, 11) is 0. The minimum Gasteiger partial charge on any atom is -0.356 e. The van der Waals surface area contributed by atoms with Crippen molar-refractivity contribution in [3.05, 3.63) is 17.0 Å². The Morgan fingerprint density at radius 2 is 2.22 bits per heavy atom. The number of aryl methyl sites for hydroxylation is 1. The summed E-state index contributed by atoms with van der Waals surface area (Å²) in [5, 5.41) is 1.35. The molecule has 1 aliphatic rings. The summed E-state index contributed by atoms with van der Waals surface area (Å²) >= 11 is 8.04. The summed E-state index contributed by atoms with van der Waals surface area (Å²) in [6.07, 6.45) is 6.79. The van der Waals surface area contributed by atoms with Crippen molar-refractivity contribution in [2.24, 2.45) is 0 Å². The standard InChI is InChI=1S/C13H20ClN3S/c1-3-12-15-11(14)9-13(16-12)17-7-4-5-10(18-2)6-8-17/h9-10H,3-8H2,1-2H3. The second kappa shape index (κ2) is 6.62. The maximum atomic E-state index is 6.06. The van der Waals surface area contributed by atoms with Crippen molar-refractivity contribution in [2.45, 2.75) is 37.9 Å². The van der Waals surface area contributed by atoms with E-state index in [9.17, 15) is 0 Å². The van der Waals surface area contributed by atoms with Crippen LogP contribution in [-0.4, -0.2) is 34.6 Å². The van der Waals surface area contributed by atoms with E-state index in [1.54, 1.807) is 0 Å². The molecule has 0 radical (unpaired) electrons. The van der Waals surface area contributed by atoms with Crippen LogP contribution in [0, 0.1) is 0 Å². The lowest BCUT2D eigenvalue weighted by Crippen LogP contribution is -2.25. The van der Waals surface area contributed by atoms with Crippen LogP contribution in [0.1, 0.15) is 32.0 Å². The average molecular weight is 286 g/mol. The van der Waals surface area contributed by atoms with Crippen LogP contribution < -0.4 is 4.90 Å². The van der Waals surface area contributed by atoms with E-state index in [1.165, 1.54) is 19.3 Å². The maximum absolute atomic E-state index is 6.06. The summed E-state index contributed by atoms with van der Waals surface area (Å²) in [5.41, 5.74) is 0. The van der Waals surface area contributed by atoms with Gasteiger partial charge in [-0.15, -0.1) is 0 Å². The Morgan fingerprint density at radius 1 is 1.39 bits per heavy atom. The number of nitrogens with zero attached hydrogens (tertiary/aromatic N) is 3. The molecule has 1 atom stereocenters. The molecule has 1 aromatic heterocycles. The van der Waals surface area contributed by atoms with Gasteiger partial charge in [0.25, 0.3) is 0 Å². The summed E-state index contributed by atoms with van der Waals surface area (Å²) in [4.78, 5) is 11.2. The molecule has 1 fully saturated rings. The predicted molar refractivity (Wildman–Crippen MR) is 79.8 cm³/mol. The minimum atomic E-state index is 0.558. The second-order valence-corrected chi connectivity index (χ2v) is 6.12. The number of rotatable bonds is 3. The van der Waals surface area contributed by atoms with Crippen molar-refractivity contribution >= 4 is 29.2 Å². The Balaban J connectivity index is 2.13. The molecule has 1 aromatic rings. The van der Waals surface area contributed by atoms with Crippen molar-refractivity contribution in [2.75, 3.05) is 24.2 Å². The number of aromatic nitrogens is 2. The van der Waals surface area contributed by atoms with Crippen LogP contribution in [0.15, 0.2) is 6.07 Å². The molecule has 0 spiro atoms. The van der Waals surface area contributed by atoms with Crippen molar-refractivity contribution in [1.82, 2.24) is 9.97 Å². The van der Waals surface area contributed by atoms with Crippen LogP contribution in [-0.2, 0) is 6.42 Å². The van der Waals surface area contributed by atoms with Gasteiger partial charge in [0.15, 0.2) is 0 Å². The van der Waals surface area contributed by atoms with Crippen molar-refractivity contribution in [3.63, 3.8) is 0 Å². The highest BCUT2D eigenvalue weighted by Gasteiger charge is 2.18. The third-order valence-electron chi connectivity index (χ3n) is 3.38. The molecule has 1 saturated heterocycles. The van der Waals surface area contributed by atoms with E-state index >= 15 is 0 Å². The van der Waals surface area contributed by atoms with Gasteiger partial charge in [-0.1, -0.05) is 18.5 Å². The molecule has 0 bridgehead atoms. The Bertz CT molecular complexity index is 400. The number of anilines is 1. The van der Waals surface area contributed by atoms with Gasteiger partial charge in [-0.25, -0.2) is 9.97 Å². The zero-order valence-electron chi connectivity index (χ0n) is 11.0. The van der Waals surface area contributed by atoms with E-state index in [0.717, 1.165) is 36.4 Å². The lowest BCUT2D eigenvalue weighted by molar-refractivity contribution is 0.745. The molecule has 3 nitrogen and oxygen atoms in total. The smallest absolute Gasteiger partial charge is 0.134 e. The van der Waals surface area contributed by atoms with E-state index in [-0.39, 0.29) is 0 Å². The molecule has 2 heterocycles. The summed E-state index contributed by atoms with van der Waals surface area (Å²) in [5.74, 6) is 1.83. The van der Waals surface area contributed by atoms with E-state index in [2.05, 4.69) is 28.0 Å². The monoisotopic (exact) mass is 285 g/mol. The first kappa shape index (κ1) is 13.9. The summed E-state index contributed by atoms with van der Waals surface area (Å²) in [6.45, 7) is 4.21. The quantitative estimate of drug-likeness (QED) is 0.796.